The summed E-state index contributed by atoms with van der Waals surface area (Å²) in [4.78, 5) is 17.6. The summed E-state index contributed by atoms with van der Waals surface area (Å²) in [6.45, 7) is 0. The largest absolute Gasteiger partial charge is 0.493 e. The van der Waals surface area contributed by atoms with E-state index in [-0.39, 0.29) is 5.91 Å². The van der Waals surface area contributed by atoms with E-state index in [2.05, 4.69) is 10.3 Å². The first-order valence-electron chi connectivity index (χ1n) is 7.40. The monoisotopic (exact) mass is 372 g/mol. The number of amides is 1. The van der Waals surface area contributed by atoms with Crippen LogP contribution in [0.1, 0.15) is 5.56 Å². The molecule has 3 rings (SSSR count). The molecule has 0 atom stereocenters. The number of hydrogen-bond donors (Lipinski definition) is 1. The third-order valence-corrected chi connectivity index (χ3v) is 4.99. The second-order valence-corrected chi connectivity index (χ2v) is 6.76. The Kier molecular flexibility index (Phi) is 5.47. The molecule has 0 aliphatic rings. The third-order valence-electron chi connectivity index (χ3n) is 3.34. The molecule has 0 unspecified atom stereocenters. The van der Waals surface area contributed by atoms with E-state index in [9.17, 15) is 4.79 Å². The van der Waals surface area contributed by atoms with E-state index in [0.29, 0.717) is 16.6 Å². The van der Waals surface area contributed by atoms with Gasteiger partial charge >= 0.3 is 0 Å². The van der Waals surface area contributed by atoms with E-state index in [0.717, 1.165) is 16.1 Å². The van der Waals surface area contributed by atoms with Crippen molar-refractivity contribution in [2.24, 2.45) is 0 Å². The Morgan fingerprint density at radius 1 is 1.16 bits per heavy atom. The molecule has 0 spiro atoms. The van der Waals surface area contributed by atoms with Crippen LogP contribution in [0.4, 0.5) is 5.13 Å². The predicted molar refractivity (Wildman–Crippen MR) is 103 cm³/mol. The van der Waals surface area contributed by atoms with Gasteiger partial charge in [0.1, 0.15) is 0 Å². The number of methoxy groups -OCH3 is 2. The van der Waals surface area contributed by atoms with Crippen LogP contribution in [0.2, 0.25) is 0 Å². The lowest BCUT2D eigenvalue weighted by molar-refractivity contribution is -0.111. The quantitative estimate of drug-likeness (QED) is 0.645. The van der Waals surface area contributed by atoms with Gasteiger partial charge in [-0.05, 0) is 35.2 Å². The molecule has 3 aromatic rings. The van der Waals surface area contributed by atoms with E-state index in [4.69, 9.17) is 9.47 Å². The van der Waals surface area contributed by atoms with Crippen molar-refractivity contribution in [3.05, 3.63) is 52.7 Å². The maximum Gasteiger partial charge on any atom is 0.250 e. The Labute approximate surface area is 153 Å². The highest BCUT2D eigenvalue weighted by atomic mass is 32.1. The Morgan fingerprint density at radius 3 is 2.72 bits per heavy atom. The highest BCUT2D eigenvalue weighted by molar-refractivity contribution is 7.16. The summed E-state index contributed by atoms with van der Waals surface area (Å²) in [5.41, 5.74) is 1.71. The van der Waals surface area contributed by atoms with Gasteiger partial charge in [0.15, 0.2) is 16.6 Å². The highest BCUT2D eigenvalue weighted by Gasteiger charge is 2.07. The van der Waals surface area contributed by atoms with Crippen LogP contribution in [-0.2, 0) is 4.79 Å². The Morgan fingerprint density at radius 2 is 2.00 bits per heavy atom. The molecule has 0 saturated heterocycles. The number of carbonyl (C=O) groups is 1. The molecule has 0 radical (unpaired) electrons. The van der Waals surface area contributed by atoms with Crippen molar-refractivity contribution in [2.45, 2.75) is 0 Å². The van der Waals surface area contributed by atoms with Gasteiger partial charge in [0.05, 0.1) is 24.8 Å². The number of ether oxygens (including phenoxy) is 2. The van der Waals surface area contributed by atoms with Crippen molar-refractivity contribution in [2.75, 3.05) is 19.5 Å². The summed E-state index contributed by atoms with van der Waals surface area (Å²) in [6.07, 6.45) is 3.18. The maximum atomic E-state index is 12.1. The minimum Gasteiger partial charge on any atom is -0.493 e. The zero-order valence-electron chi connectivity index (χ0n) is 13.7. The smallest absolute Gasteiger partial charge is 0.250 e. The van der Waals surface area contributed by atoms with Gasteiger partial charge in [0.2, 0.25) is 5.91 Å². The van der Waals surface area contributed by atoms with Gasteiger partial charge in [-0.25, -0.2) is 4.98 Å². The summed E-state index contributed by atoms with van der Waals surface area (Å²) < 4.78 is 10.4. The number of thiazole rings is 1. The molecule has 1 N–H and O–H groups in total. The van der Waals surface area contributed by atoms with Crippen LogP contribution in [0.15, 0.2) is 47.2 Å². The number of aromatic nitrogens is 1. The average Bonchev–Trinajstić information content (AvgIpc) is 3.31. The summed E-state index contributed by atoms with van der Waals surface area (Å²) in [7, 11) is 3.16. The standard InChI is InChI=1S/C18H16N2O3S2/c1-22-14-7-5-12(10-15(14)23-2)6-8-17(21)20-18-19-13(11-25-18)16-4-3-9-24-16/h3-11H,1-2H3,(H,19,20,21)/b8-6+. The number of anilines is 1. The van der Waals surface area contributed by atoms with E-state index >= 15 is 0 Å². The fraction of sp³-hybridized carbons (Fsp3) is 0.111. The van der Waals surface area contributed by atoms with Gasteiger partial charge < -0.3 is 9.47 Å². The lowest BCUT2D eigenvalue weighted by Crippen LogP contribution is -2.07. The molecule has 25 heavy (non-hydrogen) atoms. The summed E-state index contributed by atoms with van der Waals surface area (Å²) in [5.74, 6) is 1.03. The molecule has 0 bridgehead atoms. The van der Waals surface area contributed by atoms with E-state index in [1.165, 1.54) is 17.4 Å². The van der Waals surface area contributed by atoms with Gasteiger partial charge in [-0.3, -0.25) is 10.1 Å². The van der Waals surface area contributed by atoms with Gasteiger partial charge in [-0.2, -0.15) is 0 Å². The van der Waals surface area contributed by atoms with Gasteiger partial charge in [-0.15, -0.1) is 22.7 Å². The summed E-state index contributed by atoms with van der Waals surface area (Å²) in [5, 5.41) is 7.28. The number of nitrogens with zero attached hydrogens (tertiary/aromatic N) is 1. The van der Waals surface area contributed by atoms with Crippen molar-refractivity contribution >= 4 is 39.8 Å². The molecule has 0 saturated carbocycles. The lowest BCUT2D eigenvalue weighted by atomic mass is 10.2. The van der Waals surface area contributed by atoms with Crippen LogP contribution in [0.25, 0.3) is 16.6 Å². The fourth-order valence-electron chi connectivity index (χ4n) is 2.14. The molecule has 7 heteroatoms. The van der Waals surface area contributed by atoms with Crippen molar-refractivity contribution in [3.8, 4) is 22.1 Å². The van der Waals surface area contributed by atoms with Gasteiger partial charge in [0.25, 0.3) is 0 Å². The first-order chi connectivity index (χ1) is 12.2. The zero-order chi connectivity index (χ0) is 17.6. The zero-order valence-corrected chi connectivity index (χ0v) is 15.3. The molecule has 0 fully saturated rings. The number of carbonyl (C=O) groups excluding carboxylic acids is 1. The van der Waals surface area contributed by atoms with Crippen LogP contribution in [0, 0.1) is 0 Å². The molecule has 1 amide bonds. The minimum atomic E-state index is -0.234. The molecule has 1 aromatic carbocycles. The average molecular weight is 372 g/mol. The Bertz CT molecular complexity index is 886. The van der Waals surface area contributed by atoms with E-state index < -0.39 is 0 Å². The first kappa shape index (κ1) is 17.2. The summed E-state index contributed by atoms with van der Waals surface area (Å²) >= 11 is 3.02. The first-order valence-corrected chi connectivity index (χ1v) is 9.16. The molecule has 0 aliphatic heterocycles. The maximum absolute atomic E-state index is 12.1. The van der Waals surface area contributed by atoms with Crippen LogP contribution in [-0.4, -0.2) is 25.1 Å². The summed E-state index contributed by atoms with van der Waals surface area (Å²) in [6, 6.07) is 9.43. The number of hydrogen-bond acceptors (Lipinski definition) is 6. The van der Waals surface area contributed by atoms with Crippen molar-refractivity contribution in [1.82, 2.24) is 4.98 Å². The number of nitrogens with one attached hydrogen (secondary N) is 1. The SMILES string of the molecule is COc1ccc(/C=C/C(=O)Nc2nc(-c3cccs3)cs2)cc1OC. The molecule has 0 aliphatic carbocycles. The van der Waals surface area contributed by atoms with Crippen LogP contribution in [0.3, 0.4) is 0 Å². The molecular weight excluding hydrogens is 356 g/mol. The van der Waals surface area contributed by atoms with Gasteiger partial charge in [-0.1, -0.05) is 12.1 Å². The van der Waals surface area contributed by atoms with Crippen LogP contribution < -0.4 is 14.8 Å². The molecule has 5 nitrogen and oxygen atoms in total. The number of thiophene rings is 1. The Hall–Kier alpha value is -2.64. The minimum absolute atomic E-state index is 0.234. The molecule has 2 heterocycles. The molecule has 128 valence electrons. The van der Waals surface area contributed by atoms with Crippen molar-refractivity contribution < 1.29 is 14.3 Å². The second kappa shape index (κ2) is 7.96. The van der Waals surface area contributed by atoms with Crippen LogP contribution in [0.5, 0.6) is 11.5 Å². The predicted octanol–water partition coefficient (Wildman–Crippen LogP) is 4.54. The van der Waals surface area contributed by atoms with E-state index in [1.807, 2.05) is 29.0 Å². The van der Waals surface area contributed by atoms with Gasteiger partial charge in [0, 0.05) is 11.5 Å². The second-order valence-electron chi connectivity index (χ2n) is 4.95. The van der Waals surface area contributed by atoms with Crippen molar-refractivity contribution in [1.29, 1.82) is 0 Å². The lowest BCUT2D eigenvalue weighted by Gasteiger charge is -2.07. The van der Waals surface area contributed by atoms with Crippen molar-refractivity contribution in [3.63, 3.8) is 0 Å². The normalized spacial score (nSPS) is 10.8. The number of benzene rings is 1. The van der Waals surface area contributed by atoms with E-state index in [1.54, 1.807) is 43.8 Å². The molecular formula is C18H16N2O3S2. The van der Waals surface area contributed by atoms with Crippen LogP contribution >= 0.6 is 22.7 Å². The third kappa shape index (κ3) is 4.26. The highest BCUT2D eigenvalue weighted by Crippen LogP contribution is 2.29. The number of rotatable bonds is 6. The topological polar surface area (TPSA) is 60.5 Å². The molecule has 2 aromatic heterocycles. The fourth-order valence-corrected chi connectivity index (χ4v) is 3.62. The Balaban J connectivity index is 1.65.